The molecule has 110 valence electrons. The maximum absolute atomic E-state index is 12.6. The molecule has 1 fully saturated rings. The number of hydrogen-bond donors (Lipinski definition) is 2. The lowest BCUT2D eigenvalue weighted by atomic mass is 9.89. The largest absolute Gasteiger partial charge is 0.397 e. The Morgan fingerprint density at radius 1 is 1.50 bits per heavy atom. The molecule has 0 aromatic carbocycles. The number of anilines is 1. The van der Waals surface area contributed by atoms with Crippen LogP contribution in [0.5, 0.6) is 0 Å². The summed E-state index contributed by atoms with van der Waals surface area (Å²) in [6, 6.07) is 1.70. The number of nitrogen functional groups attached to an aromatic ring is 1. The van der Waals surface area contributed by atoms with Crippen molar-refractivity contribution in [2.45, 2.75) is 26.8 Å². The minimum absolute atomic E-state index is 0.0156. The van der Waals surface area contributed by atoms with Gasteiger partial charge >= 0.3 is 0 Å². The van der Waals surface area contributed by atoms with Gasteiger partial charge in [0, 0.05) is 32.9 Å². The molecule has 1 unspecified atom stereocenters. The molecule has 0 bridgehead atoms. The lowest BCUT2D eigenvalue weighted by Crippen LogP contribution is -2.40. The minimum Gasteiger partial charge on any atom is -0.397 e. The monoisotopic (exact) mass is 278 g/mol. The fourth-order valence-corrected chi connectivity index (χ4v) is 2.76. The summed E-state index contributed by atoms with van der Waals surface area (Å²) >= 11 is 0. The molecule has 6 nitrogen and oxygen atoms in total. The van der Waals surface area contributed by atoms with Crippen LogP contribution in [-0.2, 0) is 11.3 Å². The molecule has 1 aliphatic heterocycles. The Labute approximate surface area is 118 Å². The van der Waals surface area contributed by atoms with Crippen LogP contribution >= 0.6 is 0 Å². The number of nitrogens with one attached hydrogen (secondary N) is 1. The molecule has 6 heteroatoms. The smallest absolute Gasteiger partial charge is 0.270 e. The fourth-order valence-electron chi connectivity index (χ4n) is 2.76. The highest BCUT2D eigenvalue weighted by molar-refractivity contribution is 5.95. The number of carbonyl (C=O) groups excluding carboxylic acids is 2. The normalized spacial score (nSPS) is 22.1. The second kappa shape index (κ2) is 5.19. The van der Waals surface area contributed by atoms with E-state index < -0.39 is 5.41 Å². The molecule has 1 aromatic heterocycles. The van der Waals surface area contributed by atoms with Crippen LogP contribution in [0.1, 0.15) is 30.8 Å². The fraction of sp³-hybridized carbons (Fsp3) is 0.571. The van der Waals surface area contributed by atoms with Crippen molar-refractivity contribution in [2.75, 3.05) is 25.9 Å². The summed E-state index contributed by atoms with van der Waals surface area (Å²) in [6.07, 6.45) is 2.45. The minimum atomic E-state index is -0.500. The highest BCUT2D eigenvalue weighted by Gasteiger charge is 2.42. The predicted octanol–water partition coefficient (Wildman–Crippen LogP) is 0.688. The van der Waals surface area contributed by atoms with Gasteiger partial charge in [-0.15, -0.1) is 0 Å². The molecule has 1 aromatic rings. The van der Waals surface area contributed by atoms with E-state index in [9.17, 15) is 9.59 Å². The molecule has 1 aliphatic rings. The van der Waals surface area contributed by atoms with E-state index >= 15 is 0 Å². The summed E-state index contributed by atoms with van der Waals surface area (Å²) in [6.45, 7) is 5.60. The number of nitrogens with two attached hydrogens (primary N) is 1. The number of rotatable bonds is 3. The van der Waals surface area contributed by atoms with Gasteiger partial charge in [0.1, 0.15) is 5.69 Å². The van der Waals surface area contributed by atoms with E-state index in [4.69, 9.17) is 5.73 Å². The maximum atomic E-state index is 12.6. The third-order valence-electron chi connectivity index (χ3n) is 4.01. The Balaban J connectivity index is 2.17. The van der Waals surface area contributed by atoms with Crippen LogP contribution in [0.25, 0.3) is 0 Å². The first-order chi connectivity index (χ1) is 9.41. The Morgan fingerprint density at radius 2 is 2.20 bits per heavy atom. The highest BCUT2D eigenvalue weighted by atomic mass is 16.2. The number of likely N-dealkylation sites (tertiary alicyclic amines) is 1. The summed E-state index contributed by atoms with van der Waals surface area (Å²) in [5.41, 5.74) is 6.43. The number of amides is 2. The zero-order valence-corrected chi connectivity index (χ0v) is 12.3. The van der Waals surface area contributed by atoms with E-state index in [1.54, 1.807) is 24.2 Å². The Hall–Kier alpha value is -1.98. The van der Waals surface area contributed by atoms with E-state index in [1.807, 2.05) is 18.4 Å². The third-order valence-corrected chi connectivity index (χ3v) is 4.01. The average Bonchev–Trinajstić information content (AvgIpc) is 3.01. The van der Waals surface area contributed by atoms with Crippen molar-refractivity contribution in [2.24, 2.45) is 5.41 Å². The molecule has 2 amide bonds. The number of nitrogens with zero attached hydrogens (tertiary/aromatic N) is 2. The molecule has 1 atom stereocenters. The molecule has 3 N–H and O–H groups in total. The van der Waals surface area contributed by atoms with E-state index in [-0.39, 0.29) is 11.8 Å². The van der Waals surface area contributed by atoms with E-state index in [0.29, 0.717) is 37.4 Å². The number of aryl methyl sites for hydroxylation is 1. The van der Waals surface area contributed by atoms with Crippen molar-refractivity contribution >= 4 is 17.5 Å². The van der Waals surface area contributed by atoms with Crippen LogP contribution in [0.15, 0.2) is 12.3 Å². The van der Waals surface area contributed by atoms with Gasteiger partial charge in [-0.2, -0.15) is 0 Å². The highest BCUT2D eigenvalue weighted by Crippen LogP contribution is 2.31. The van der Waals surface area contributed by atoms with Gasteiger partial charge in [0.2, 0.25) is 5.91 Å². The zero-order valence-electron chi connectivity index (χ0n) is 12.3. The van der Waals surface area contributed by atoms with Crippen LogP contribution in [-0.4, -0.2) is 41.4 Å². The van der Waals surface area contributed by atoms with Gasteiger partial charge in [0.25, 0.3) is 5.91 Å². The van der Waals surface area contributed by atoms with E-state index in [0.717, 1.165) is 0 Å². The number of hydrogen-bond acceptors (Lipinski definition) is 3. The van der Waals surface area contributed by atoms with Gasteiger partial charge < -0.3 is 20.5 Å². The molecular formula is C14H22N4O2. The van der Waals surface area contributed by atoms with Crippen LogP contribution in [0, 0.1) is 5.41 Å². The van der Waals surface area contributed by atoms with Crippen LogP contribution in [0.3, 0.4) is 0 Å². The third kappa shape index (κ3) is 2.37. The Bertz CT molecular complexity index is 537. The zero-order chi connectivity index (χ0) is 14.9. The van der Waals surface area contributed by atoms with E-state index in [1.165, 1.54) is 0 Å². The lowest BCUT2D eigenvalue weighted by molar-refractivity contribution is -0.128. The Morgan fingerprint density at radius 3 is 2.80 bits per heavy atom. The summed E-state index contributed by atoms with van der Waals surface area (Å²) in [4.78, 5) is 26.2. The van der Waals surface area contributed by atoms with Gasteiger partial charge in [-0.25, -0.2) is 0 Å². The van der Waals surface area contributed by atoms with Crippen molar-refractivity contribution < 1.29 is 9.59 Å². The molecule has 0 saturated carbocycles. The van der Waals surface area contributed by atoms with Crippen LogP contribution in [0.4, 0.5) is 5.69 Å². The van der Waals surface area contributed by atoms with Gasteiger partial charge in [0.15, 0.2) is 0 Å². The molecule has 0 spiro atoms. The van der Waals surface area contributed by atoms with Crippen molar-refractivity contribution in [3.8, 4) is 0 Å². The standard InChI is InChI=1S/C14H22N4O2/c1-4-17-8-10(15)7-11(17)12(19)18-6-5-14(2,9-18)13(20)16-3/h7-8H,4-6,9,15H2,1-3H3,(H,16,20). The summed E-state index contributed by atoms with van der Waals surface area (Å²) < 4.78 is 1.84. The topological polar surface area (TPSA) is 80.4 Å². The summed E-state index contributed by atoms with van der Waals surface area (Å²) in [5.74, 6) is -0.0747. The molecular weight excluding hydrogens is 256 g/mol. The Kier molecular flexibility index (Phi) is 3.74. The van der Waals surface area contributed by atoms with Crippen LogP contribution < -0.4 is 11.1 Å². The first-order valence-electron chi connectivity index (χ1n) is 6.88. The summed E-state index contributed by atoms with van der Waals surface area (Å²) in [7, 11) is 1.63. The molecule has 0 aliphatic carbocycles. The van der Waals surface area contributed by atoms with Gasteiger partial charge in [-0.05, 0) is 26.3 Å². The second-order valence-corrected chi connectivity index (χ2v) is 5.56. The van der Waals surface area contributed by atoms with Gasteiger partial charge in [-0.1, -0.05) is 0 Å². The number of aromatic nitrogens is 1. The van der Waals surface area contributed by atoms with Crippen molar-refractivity contribution in [1.82, 2.24) is 14.8 Å². The molecule has 2 heterocycles. The SMILES string of the molecule is CCn1cc(N)cc1C(=O)N1CCC(C)(C(=O)NC)C1. The lowest BCUT2D eigenvalue weighted by Gasteiger charge is -2.23. The molecule has 20 heavy (non-hydrogen) atoms. The average molecular weight is 278 g/mol. The van der Waals surface area contributed by atoms with Crippen LogP contribution in [0.2, 0.25) is 0 Å². The van der Waals surface area contributed by atoms with Crippen molar-refractivity contribution in [3.05, 3.63) is 18.0 Å². The predicted molar refractivity (Wildman–Crippen MR) is 77.2 cm³/mol. The summed E-state index contributed by atoms with van der Waals surface area (Å²) in [5, 5.41) is 2.67. The molecule has 0 radical (unpaired) electrons. The maximum Gasteiger partial charge on any atom is 0.270 e. The second-order valence-electron chi connectivity index (χ2n) is 5.56. The molecule has 2 rings (SSSR count). The van der Waals surface area contributed by atoms with Crippen molar-refractivity contribution in [3.63, 3.8) is 0 Å². The van der Waals surface area contributed by atoms with Gasteiger partial charge in [-0.3, -0.25) is 9.59 Å². The molecule has 1 saturated heterocycles. The number of carbonyl (C=O) groups is 2. The van der Waals surface area contributed by atoms with E-state index in [2.05, 4.69) is 5.32 Å². The first kappa shape index (κ1) is 14.4. The van der Waals surface area contributed by atoms with Crippen molar-refractivity contribution in [1.29, 1.82) is 0 Å². The quantitative estimate of drug-likeness (QED) is 0.853. The van der Waals surface area contributed by atoms with Gasteiger partial charge in [0.05, 0.1) is 11.1 Å². The first-order valence-corrected chi connectivity index (χ1v) is 6.88.